The third-order valence-electron chi connectivity index (χ3n) is 9.53. The third kappa shape index (κ3) is 5.62. The van der Waals surface area contributed by atoms with Crippen LogP contribution in [-0.4, -0.2) is 9.97 Å². The highest BCUT2D eigenvalue weighted by Crippen LogP contribution is 2.46. The summed E-state index contributed by atoms with van der Waals surface area (Å²) < 4.78 is 121. The lowest BCUT2D eigenvalue weighted by Gasteiger charge is -2.19. The molecule has 0 saturated carbocycles. The molecular formula is C52H34N2. The van der Waals surface area contributed by atoms with Crippen LogP contribution in [-0.2, 0) is 0 Å². The molecule has 0 fully saturated rings. The molecule has 10 rings (SSSR count). The average Bonchev–Trinajstić information content (AvgIpc) is 3.36. The zero-order valence-corrected chi connectivity index (χ0v) is 28.4. The minimum Gasteiger partial charge on any atom is -0.228 e. The largest absolute Gasteiger partial charge is 0.228 e. The summed E-state index contributed by atoms with van der Waals surface area (Å²) in [5.74, 6) is -0.343. The van der Waals surface area contributed by atoms with Gasteiger partial charge in [0.15, 0.2) is 5.82 Å². The van der Waals surface area contributed by atoms with E-state index in [4.69, 9.17) is 21.4 Å². The molecule has 0 atom stereocenters. The Labute approximate surface area is 334 Å². The van der Waals surface area contributed by atoms with E-state index < -0.39 is 95.7 Å². The quantitative estimate of drug-likeness (QED) is 0.127. The Morgan fingerprint density at radius 1 is 0.333 bits per heavy atom. The fourth-order valence-corrected chi connectivity index (χ4v) is 7.11. The molecule has 0 bridgehead atoms. The number of aromatic nitrogens is 2. The molecule has 0 saturated heterocycles. The van der Waals surface area contributed by atoms with Gasteiger partial charge in [-0.25, -0.2) is 9.97 Å². The predicted octanol–water partition coefficient (Wildman–Crippen LogP) is 13.9. The number of benzene rings is 9. The summed E-state index contributed by atoms with van der Waals surface area (Å²) in [6.45, 7) is 0. The molecule has 1 heterocycles. The van der Waals surface area contributed by atoms with Gasteiger partial charge in [0.25, 0.3) is 0 Å². The van der Waals surface area contributed by atoms with Crippen molar-refractivity contribution in [2.24, 2.45) is 0 Å². The monoisotopic (exact) mass is 700 g/mol. The van der Waals surface area contributed by atoms with Crippen LogP contribution >= 0.6 is 0 Å². The lowest BCUT2D eigenvalue weighted by atomic mass is 9.84. The van der Waals surface area contributed by atoms with Crippen molar-refractivity contribution >= 4 is 32.3 Å². The molecule has 252 valence electrons. The van der Waals surface area contributed by atoms with Gasteiger partial charge in [-0.15, -0.1) is 0 Å². The van der Waals surface area contributed by atoms with E-state index in [0.29, 0.717) is 5.56 Å². The molecule has 54 heavy (non-hydrogen) atoms. The first-order valence-corrected chi connectivity index (χ1v) is 17.3. The Hall–Kier alpha value is -7.16. The van der Waals surface area contributed by atoms with Crippen LogP contribution in [0.15, 0.2) is 206 Å². The maximum atomic E-state index is 9.20. The Morgan fingerprint density at radius 3 is 1.56 bits per heavy atom. The van der Waals surface area contributed by atoms with Gasteiger partial charge in [-0.3, -0.25) is 0 Å². The number of rotatable bonds is 6. The second kappa shape index (κ2) is 13.4. The molecule has 0 N–H and O–H groups in total. The lowest BCUT2D eigenvalue weighted by molar-refractivity contribution is 1.18. The molecule has 0 radical (unpaired) electrons. The van der Waals surface area contributed by atoms with Gasteiger partial charge in [0, 0.05) is 16.7 Å². The van der Waals surface area contributed by atoms with E-state index in [0.717, 1.165) is 54.6 Å². The Kier molecular flexibility index (Phi) is 5.02. The minimum absolute atomic E-state index is 0.162. The first kappa shape index (κ1) is 20.2. The molecule has 0 aliphatic heterocycles. The normalized spacial score (nSPS) is 15.0. The topological polar surface area (TPSA) is 25.8 Å². The summed E-state index contributed by atoms with van der Waals surface area (Å²) in [5.41, 5.74) is 2.76. The molecule has 0 aliphatic carbocycles. The summed E-state index contributed by atoms with van der Waals surface area (Å²) in [4.78, 5) is 9.30. The van der Waals surface area contributed by atoms with Gasteiger partial charge in [0.1, 0.15) is 0 Å². The van der Waals surface area contributed by atoms with Crippen molar-refractivity contribution in [1.29, 1.82) is 0 Å². The first-order valence-electron chi connectivity index (χ1n) is 24.3. The molecule has 0 aliphatic rings. The van der Waals surface area contributed by atoms with Crippen molar-refractivity contribution in [2.75, 3.05) is 0 Å². The van der Waals surface area contributed by atoms with E-state index in [1.807, 2.05) is 66.7 Å². The van der Waals surface area contributed by atoms with Crippen LogP contribution in [0.1, 0.15) is 19.2 Å². The molecule has 0 amide bonds. The van der Waals surface area contributed by atoms with E-state index in [-0.39, 0.29) is 28.3 Å². The maximum Gasteiger partial charge on any atom is 0.160 e. The van der Waals surface area contributed by atoms with Gasteiger partial charge in [-0.2, -0.15) is 0 Å². The summed E-state index contributed by atoms with van der Waals surface area (Å²) in [6, 6.07) is 30.6. The third-order valence-corrected chi connectivity index (χ3v) is 9.53. The van der Waals surface area contributed by atoms with Crippen molar-refractivity contribution in [3.63, 3.8) is 0 Å². The van der Waals surface area contributed by atoms with Crippen molar-refractivity contribution in [1.82, 2.24) is 9.97 Å². The van der Waals surface area contributed by atoms with Crippen molar-refractivity contribution < 1.29 is 19.2 Å². The smallest absolute Gasteiger partial charge is 0.160 e. The van der Waals surface area contributed by atoms with Gasteiger partial charge in [0.2, 0.25) is 0 Å². The van der Waals surface area contributed by atoms with Crippen LogP contribution in [0.2, 0.25) is 0 Å². The van der Waals surface area contributed by atoms with Crippen molar-refractivity contribution in [3.05, 3.63) is 206 Å². The Bertz CT molecular complexity index is 3700. The number of hydrogen-bond donors (Lipinski definition) is 0. The fraction of sp³-hybridized carbons (Fsp3) is 0. The average molecular weight is 701 g/mol. The van der Waals surface area contributed by atoms with Crippen LogP contribution in [0.25, 0.3) is 99.6 Å². The van der Waals surface area contributed by atoms with Gasteiger partial charge in [-0.05, 0) is 71.8 Å². The minimum atomic E-state index is -0.712. The van der Waals surface area contributed by atoms with Gasteiger partial charge in [-0.1, -0.05) is 200 Å². The summed E-state index contributed by atoms with van der Waals surface area (Å²) >= 11 is 0. The van der Waals surface area contributed by atoms with E-state index >= 15 is 0 Å². The first-order chi connectivity index (χ1) is 32.6. The SMILES string of the molecule is [2H]c1c([2H])c([2H])c(-c2nc(-c3ccc(-c4c5ccccc5c(-c5ccccc5)c5ccc6ccccc6c45)cc3)cc(-c3c([2H])c([2H])c(-c4c([2H])c([2H])c([2H])c([2H])c4[2H])c([2H])c3[2H])n2)c([2H])c1[2H]. The standard InChI is InChI=1S/C52H34N2/c1-4-14-35(15-5-1)36-24-26-38(27-25-36)47-34-48(54-52(53-47)42-19-8-3-9-20-42)39-28-30-41(31-29-39)50-45-23-13-12-22-44(45)49(40-17-6-2-7-18-40)46-33-32-37-16-10-11-21-43(37)51(46)50/h1-34H/i1D,3D,4D,5D,8D,9D,14D,15D,19D,20D,24D,25D,26D,27D. The second-order valence-corrected chi connectivity index (χ2v) is 12.7. The second-order valence-electron chi connectivity index (χ2n) is 12.7. The maximum absolute atomic E-state index is 9.20. The summed E-state index contributed by atoms with van der Waals surface area (Å²) in [5, 5.41) is 6.32. The lowest BCUT2D eigenvalue weighted by Crippen LogP contribution is -1.96. The molecule has 2 heteroatoms. The van der Waals surface area contributed by atoms with Crippen molar-refractivity contribution in [2.45, 2.75) is 0 Å². The summed E-state index contributed by atoms with van der Waals surface area (Å²) in [7, 11) is 0. The number of fused-ring (bicyclic) bond motifs is 4. The highest BCUT2D eigenvalue weighted by atomic mass is 14.9. The van der Waals surface area contributed by atoms with Crippen molar-refractivity contribution in [3.8, 4) is 67.3 Å². The molecule has 9 aromatic carbocycles. The van der Waals surface area contributed by atoms with Crippen LogP contribution in [0.4, 0.5) is 0 Å². The summed E-state index contributed by atoms with van der Waals surface area (Å²) in [6.07, 6.45) is 0. The molecule has 10 aromatic rings. The Balaban J connectivity index is 1.21. The fourth-order valence-electron chi connectivity index (χ4n) is 7.11. The highest BCUT2D eigenvalue weighted by molar-refractivity contribution is 6.27. The predicted molar refractivity (Wildman–Crippen MR) is 227 cm³/mol. The molecule has 2 nitrogen and oxygen atoms in total. The van der Waals surface area contributed by atoms with Crippen LogP contribution in [0.3, 0.4) is 0 Å². The Morgan fingerprint density at radius 2 is 0.852 bits per heavy atom. The molecular weight excluding hydrogens is 653 g/mol. The highest BCUT2D eigenvalue weighted by Gasteiger charge is 2.19. The van der Waals surface area contributed by atoms with Gasteiger partial charge in [0.05, 0.1) is 30.6 Å². The van der Waals surface area contributed by atoms with E-state index in [1.54, 1.807) is 0 Å². The zero-order chi connectivity index (χ0) is 48.0. The number of nitrogens with zero attached hydrogens (tertiary/aromatic N) is 2. The van der Waals surface area contributed by atoms with Crippen LogP contribution in [0, 0.1) is 0 Å². The van der Waals surface area contributed by atoms with Gasteiger partial charge < -0.3 is 0 Å². The molecule has 0 unspecified atom stereocenters. The van der Waals surface area contributed by atoms with Crippen LogP contribution < -0.4 is 0 Å². The van der Waals surface area contributed by atoms with Crippen LogP contribution in [0.5, 0.6) is 0 Å². The van der Waals surface area contributed by atoms with E-state index in [1.165, 1.54) is 6.07 Å². The van der Waals surface area contributed by atoms with E-state index in [2.05, 4.69) is 53.5 Å². The molecule has 0 spiro atoms. The van der Waals surface area contributed by atoms with Gasteiger partial charge >= 0.3 is 0 Å². The zero-order valence-electron chi connectivity index (χ0n) is 42.4. The number of hydrogen-bond acceptors (Lipinski definition) is 2. The molecule has 1 aromatic heterocycles. The van der Waals surface area contributed by atoms with E-state index in [9.17, 15) is 2.74 Å².